The number of piperazine rings is 1. The van der Waals surface area contributed by atoms with Crippen molar-refractivity contribution in [1.29, 1.82) is 0 Å². The molecule has 7 nitrogen and oxygen atoms in total. The molecule has 2 heterocycles. The van der Waals surface area contributed by atoms with Gasteiger partial charge in [-0.3, -0.25) is 4.79 Å². The van der Waals surface area contributed by atoms with E-state index in [9.17, 15) is 14.0 Å². The average molecular weight is 330 g/mol. The van der Waals surface area contributed by atoms with Crippen LogP contribution in [0.1, 0.15) is 21.0 Å². The van der Waals surface area contributed by atoms with Crippen molar-refractivity contribution >= 4 is 17.6 Å². The molecule has 1 aromatic carbocycles. The molecule has 1 saturated heterocycles. The van der Waals surface area contributed by atoms with E-state index in [2.05, 4.69) is 9.97 Å². The van der Waals surface area contributed by atoms with E-state index in [1.807, 2.05) is 4.90 Å². The Morgan fingerprint density at radius 3 is 2.25 bits per heavy atom. The lowest BCUT2D eigenvalue weighted by molar-refractivity contribution is 0.0663. The fraction of sp³-hybridized carbons (Fsp3) is 0.250. The Bertz CT molecular complexity index is 775. The standard InChI is InChI=1S/C16H15FN4O3/c17-11-3-1-2-4-12(11)20-7-9-21(10-8-20)15(22)13-14(16(23)24)19-6-5-18-13/h1-6H,7-10H2,(H,23,24). The number of hydrogen-bond acceptors (Lipinski definition) is 5. The largest absolute Gasteiger partial charge is 0.476 e. The Hall–Kier alpha value is -3.03. The second-order valence-electron chi connectivity index (χ2n) is 5.29. The number of hydrogen-bond donors (Lipinski definition) is 1. The van der Waals surface area contributed by atoms with Gasteiger partial charge in [0.05, 0.1) is 5.69 Å². The number of carbonyl (C=O) groups is 2. The predicted molar refractivity (Wildman–Crippen MR) is 83.5 cm³/mol. The molecule has 0 atom stereocenters. The number of carbonyl (C=O) groups excluding carboxylic acids is 1. The molecule has 0 radical (unpaired) electrons. The summed E-state index contributed by atoms with van der Waals surface area (Å²) < 4.78 is 13.8. The summed E-state index contributed by atoms with van der Waals surface area (Å²) in [6.45, 7) is 1.61. The molecular formula is C16H15FN4O3. The van der Waals surface area contributed by atoms with Gasteiger partial charge in [-0.2, -0.15) is 0 Å². The van der Waals surface area contributed by atoms with Gasteiger partial charge >= 0.3 is 5.97 Å². The van der Waals surface area contributed by atoms with Crippen molar-refractivity contribution in [2.75, 3.05) is 31.1 Å². The third-order valence-corrected chi connectivity index (χ3v) is 3.86. The number of aromatic nitrogens is 2. The van der Waals surface area contributed by atoms with Crippen molar-refractivity contribution in [2.24, 2.45) is 0 Å². The zero-order valence-electron chi connectivity index (χ0n) is 12.7. The van der Waals surface area contributed by atoms with E-state index < -0.39 is 11.9 Å². The molecule has 2 aromatic rings. The smallest absolute Gasteiger partial charge is 0.356 e. The highest BCUT2D eigenvalue weighted by molar-refractivity contribution is 6.02. The lowest BCUT2D eigenvalue weighted by Gasteiger charge is -2.36. The van der Waals surface area contributed by atoms with Crippen molar-refractivity contribution in [1.82, 2.24) is 14.9 Å². The van der Waals surface area contributed by atoms with Crippen molar-refractivity contribution in [3.05, 3.63) is 53.9 Å². The number of rotatable bonds is 3. The number of benzene rings is 1. The van der Waals surface area contributed by atoms with E-state index >= 15 is 0 Å². The summed E-state index contributed by atoms with van der Waals surface area (Å²) in [4.78, 5) is 34.6. The minimum atomic E-state index is -1.29. The number of carboxylic acid groups (broad SMARTS) is 1. The molecule has 0 bridgehead atoms. The van der Waals surface area contributed by atoms with E-state index in [0.717, 1.165) is 0 Å². The highest BCUT2D eigenvalue weighted by Gasteiger charge is 2.27. The number of amides is 1. The van der Waals surface area contributed by atoms with Crippen LogP contribution in [-0.2, 0) is 0 Å². The SMILES string of the molecule is O=C(O)c1nccnc1C(=O)N1CCN(c2ccccc2F)CC1. The Labute approximate surface area is 137 Å². The molecule has 0 unspecified atom stereocenters. The van der Waals surface area contributed by atoms with Crippen molar-refractivity contribution in [3.8, 4) is 0 Å². The van der Waals surface area contributed by atoms with Crippen LogP contribution in [0.25, 0.3) is 0 Å². The molecule has 1 fully saturated rings. The molecule has 0 aliphatic carbocycles. The summed E-state index contributed by atoms with van der Waals surface area (Å²) in [5, 5.41) is 9.11. The van der Waals surface area contributed by atoms with Crippen LogP contribution >= 0.6 is 0 Å². The first-order chi connectivity index (χ1) is 11.6. The number of carboxylic acids is 1. The van der Waals surface area contributed by atoms with Crippen molar-refractivity contribution < 1.29 is 19.1 Å². The van der Waals surface area contributed by atoms with Gasteiger partial charge in [-0.05, 0) is 12.1 Å². The Balaban J connectivity index is 1.72. The average Bonchev–Trinajstić information content (AvgIpc) is 2.62. The molecule has 1 aliphatic rings. The van der Waals surface area contributed by atoms with Gasteiger partial charge in [0.1, 0.15) is 5.82 Å². The minimum Gasteiger partial charge on any atom is -0.476 e. The lowest BCUT2D eigenvalue weighted by atomic mass is 10.2. The van der Waals surface area contributed by atoms with Crippen molar-refractivity contribution in [2.45, 2.75) is 0 Å². The Morgan fingerprint density at radius 2 is 1.62 bits per heavy atom. The van der Waals surface area contributed by atoms with Crippen LogP contribution in [-0.4, -0.2) is 58.0 Å². The molecule has 1 aromatic heterocycles. The van der Waals surface area contributed by atoms with Gasteiger partial charge in [0.15, 0.2) is 11.4 Å². The van der Waals surface area contributed by atoms with Crippen LogP contribution < -0.4 is 4.90 Å². The van der Waals surface area contributed by atoms with E-state index in [1.54, 1.807) is 18.2 Å². The molecule has 1 aliphatic heterocycles. The molecule has 1 amide bonds. The normalized spacial score (nSPS) is 14.5. The van der Waals surface area contributed by atoms with Crippen LogP contribution in [0.3, 0.4) is 0 Å². The maximum atomic E-state index is 13.8. The monoisotopic (exact) mass is 330 g/mol. The maximum Gasteiger partial charge on any atom is 0.356 e. The molecule has 8 heteroatoms. The second-order valence-corrected chi connectivity index (χ2v) is 5.29. The first-order valence-corrected chi connectivity index (χ1v) is 7.41. The summed E-state index contributed by atoms with van der Waals surface area (Å²) in [6, 6.07) is 6.47. The topological polar surface area (TPSA) is 86.6 Å². The third-order valence-electron chi connectivity index (χ3n) is 3.86. The van der Waals surface area contributed by atoms with Gasteiger partial charge in [0.25, 0.3) is 5.91 Å². The summed E-state index contributed by atoms with van der Waals surface area (Å²) in [5.74, 6) is -2.08. The fourth-order valence-electron chi connectivity index (χ4n) is 2.66. The molecular weight excluding hydrogens is 315 g/mol. The van der Waals surface area contributed by atoms with Crippen LogP contribution in [0.4, 0.5) is 10.1 Å². The van der Waals surface area contributed by atoms with Gasteiger partial charge in [0, 0.05) is 38.6 Å². The van der Waals surface area contributed by atoms with Crippen molar-refractivity contribution in [3.63, 3.8) is 0 Å². The van der Waals surface area contributed by atoms with Crippen LogP contribution in [0, 0.1) is 5.82 Å². The molecule has 1 N–H and O–H groups in total. The van der Waals surface area contributed by atoms with Gasteiger partial charge in [-0.1, -0.05) is 12.1 Å². The zero-order chi connectivity index (χ0) is 17.1. The summed E-state index contributed by atoms with van der Waals surface area (Å²) in [6.07, 6.45) is 2.52. The predicted octanol–water partition coefficient (Wildman–Crippen LogP) is 1.28. The number of para-hydroxylation sites is 1. The zero-order valence-corrected chi connectivity index (χ0v) is 12.7. The van der Waals surface area contributed by atoms with Crippen LogP contribution in [0.2, 0.25) is 0 Å². The summed E-state index contributed by atoms with van der Waals surface area (Å²) in [7, 11) is 0. The van der Waals surface area contributed by atoms with Gasteiger partial charge in [0.2, 0.25) is 0 Å². The first-order valence-electron chi connectivity index (χ1n) is 7.41. The van der Waals surface area contributed by atoms with E-state index in [4.69, 9.17) is 5.11 Å². The Morgan fingerprint density at radius 1 is 1.00 bits per heavy atom. The lowest BCUT2D eigenvalue weighted by Crippen LogP contribution is -2.49. The number of halogens is 1. The molecule has 0 spiro atoms. The number of nitrogens with zero attached hydrogens (tertiary/aromatic N) is 4. The summed E-state index contributed by atoms with van der Waals surface area (Å²) in [5.41, 5.74) is -0.0429. The molecule has 3 rings (SSSR count). The highest BCUT2D eigenvalue weighted by Crippen LogP contribution is 2.20. The van der Waals surface area contributed by atoms with Crippen LogP contribution in [0.5, 0.6) is 0 Å². The maximum absolute atomic E-state index is 13.8. The first kappa shape index (κ1) is 15.9. The second kappa shape index (κ2) is 6.61. The summed E-state index contributed by atoms with van der Waals surface area (Å²) >= 11 is 0. The fourth-order valence-corrected chi connectivity index (χ4v) is 2.66. The van der Waals surface area contributed by atoms with E-state index in [0.29, 0.717) is 31.9 Å². The number of aromatic carboxylic acids is 1. The van der Waals surface area contributed by atoms with Gasteiger partial charge in [-0.25, -0.2) is 19.2 Å². The van der Waals surface area contributed by atoms with E-state index in [1.165, 1.54) is 23.4 Å². The molecule has 24 heavy (non-hydrogen) atoms. The quantitative estimate of drug-likeness (QED) is 0.912. The van der Waals surface area contributed by atoms with Gasteiger partial charge < -0.3 is 14.9 Å². The minimum absolute atomic E-state index is 0.177. The molecule has 0 saturated carbocycles. The highest BCUT2D eigenvalue weighted by atomic mass is 19.1. The third kappa shape index (κ3) is 3.03. The van der Waals surface area contributed by atoms with Crippen LogP contribution in [0.15, 0.2) is 36.7 Å². The Kier molecular flexibility index (Phi) is 4.37. The van der Waals surface area contributed by atoms with Gasteiger partial charge in [-0.15, -0.1) is 0 Å². The van der Waals surface area contributed by atoms with E-state index in [-0.39, 0.29) is 17.2 Å². The number of anilines is 1. The molecule has 124 valence electrons.